The maximum absolute atomic E-state index is 13.2. The minimum absolute atomic E-state index is 0.0424. The first-order valence-corrected chi connectivity index (χ1v) is 12.1. The zero-order valence-electron chi connectivity index (χ0n) is 19.2. The summed E-state index contributed by atoms with van der Waals surface area (Å²) in [7, 11) is -3.77. The molecule has 1 heterocycles. The number of hydrogen-bond acceptors (Lipinski definition) is 5. The van der Waals surface area contributed by atoms with Crippen molar-refractivity contribution in [3.8, 4) is 0 Å². The number of carbonyl (C=O) groups is 1. The maximum Gasteiger partial charge on any atom is 0.408 e. The van der Waals surface area contributed by atoms with Gasteiger partial charge in [0.2, 0.25) is 10.0 Å². The SMILES string of the molecule is Cc1ccc(C(NC(=O)OC(C)(C)C)[C@H]2CN(S(=O)(=O)c3ccc(C)cc3)C[C@H]2O)cc1. The molecule has 1 amide bonds. The standard InChI is InChI=1S/C24H32N2O5S/c1-16-6-10-18(11-7-16)22(25-23(28)31-24(3,4)5)20-14-26(15-21(20)27)32(29,30)19-12-8-17(2)9-13-19/h6-13,20-22,27H,14-15H2,1-5H3,(H,25,28)/t20-,21+,22?/m0/s1. The quantitative estimate of drug-likeness (QED) is 0.711. The predicted octanol–water partition coefficient (Wildman–Crippen LogP) is 3.55. The summed E-state index contributed by atoms with van der Waals surface area (Å²) in [5.41, 5.74) is 2.11. The van der Waals surface area contributed by atoms with Gasteiger partial charge in [-0.2, -0.15) is 4.31 Å². The van der Waals surface area contributed by atoms with Gasteiger partial charge in [0.1, 0.15) is 5.60 Å². The number of rotatable bonds is 5. The van der Waals surface area contributed by atoms with Crippen LogP contribution in [0, 0.1) is 19.8 Å². The van der Waals surface area contributed by atoms with Gasteiger partial charge in [-0.25, -0.2) is 13.2 Å². The third-order valence-electron chi connectivity index (χ3n) is 5.49. The van der Waals surface area contributed by atoms with E-state index in [4.69, 9.17) is 4.74 Å². The molecule has 1 aliphatic rings. The third-order valence-corrected chi connectivity index (χ3v) is 7.34. The van der Waals surface area contributed by atoms with Crippen molar-refractivity contribution in [2.45, 2.75) is 57.3 Å². The van der Waals surface area contributed by atoms with Gasteiger partial charge in [-0.05, 0) is 52.3 Å². The van der Waals surface area contributed by atoms with Crippen molar-refractivity contribution in [3.63, 3.8) is 0 Å². The lowest BCUT2D eigenvalue weighted by atomic mass is 9.90. The van der Waals surface area contributed by atoms with Crippen LogP contribution < -0.4 is 5.32 Å². The average Bonchev–Trinajstić information content (AvgIpc) is 3.08. The van der Waals surface area contributed by atoms with E-state index < -0.39 is 39.8 Å². The average molecular weight is 461 g/mol. The van der Waals surface area contributed by atoms with Crippen molar-refractivity contribution in [2.24, 2.45) is 5.92 Å². The second-order valence-corrected chi connectivity index (χ2v) is 11.3. The van der Waals surface area contributed by atoms with E-state index in [2.05, 4.69) is 5.32 Å². The van der Waals surface area contributed by atoms with E-state index in [0.29, 0.717) is 0 Å². The first kappa shape index (κ1) is 24.2. The summed E-state index contributed by atoms with van der Waals surface area (Å²) < 4.78 is 33.0. The van der Waals surface area contributed by atoms with Crippen molar-refractivity contribution in [3.05, 3.63) is 65.2 Å². The molecule has 2 N–H and O–H groups in total. The zero-order chi connectivity index (χ0) is 23.7. The summed E-state index contributed by atoms with van der Waals surface area (Å²) in [6, 6.07) is 13.6. The van der Waals surface area contributed by atoms with Crippen molar-refractivity contribution in [1.29, 1.82) is 0 Å². The van der Waals surface area contributed by atoms with Crippen LogP contribution in [0.1, 0.15) is 43.5 Å². The molecule has 0 radical (unpaired) electrons. The number of benzene rings is 2. The van der Waals surface area contributed by atoms with Gasteiger partial charge >= 0.3 is 6.09 Å². The number of aliphatic hydroxyl groups excluding tert-OH is 1. The molecule has 8 heteroatoms. The molecular formula is C24H32N2O5S. The molecule has 0 spiro atoms. The van der Waals surface area contributed by atoms with Gasteiger partial charge < -0.3 is 15.2 Å². The monoisotopic (exact) mass is 460 g/mol. The number of carbonyl (C=O) groups excluding carboxylic acids is 1. The molecule has 0 aromatic heterocycles. The van der Waals surface area contributed by atoms with E-state index in [1.165, 1.54) is 4.31 Å². The maximum atomic E-state index is 13.2. The first-order valence-electron chi connectivity index (χ1n) is 10.7. The number of amides is 1. The second kappa shape index (κ2) is 9.21. The summed E-state index contributed by atoms with van der Waals surface area (Å²) in [5, 5.41) is 13.7. The van der Waals surface area contributed by atoms with Crippen LogP contribution in [-0.2, 0) is 14.8 Å². The summed E-state index contributed by atoms with van der Waals surface area (Å²) in [6.45, 7) is 9.20. The number of β-amino-alcohol motifs (C(OH)–C–C–N with tert-alkyl or cyclic N) is 1. The highest BCUT2D eigenvalue weighted by molar-refractivity contribution is 7.89. The zero-order valence-corrected chi connectivity index (χ0v) is 20.0. The minimum Gasteiger partial charge on any atom is -0.444 e. The molecule has 0 saturated carbocycles. The molecule has 0 aliphatic carbocycles. The minimum atomic E-state index is -3.77. The highest BCUT2D eigenvalue weighted by Crippen LogP contribution is 2.34. The number of aryl methyl sites for hydroxylation is 2. The van der Waals surface area contributed by atoms with E-state index in [1.807, 2.05) is 38.1 Å². The Kier molecular flexibility index (Phi) is 6.97. The molecule has 7 nitrogen and oxygen atoms in total. The lowest BCUT2D eigenvalue weighted by Crippen LogP contribution is -2.41. The summed E-state index contributed by atoms with van der Waals surface area (Å²) in [5.74, 6) is -0.537. The molecule has 3 atom stereocenters. The Bertz CT molecular complexity index is 1040. The molecule has 32 heavy (non-hydrogen) atoms. The van der Waals surface area contributed by atoms with Gasteiger partial charge in [0.15, 0.2) is 0 Å². The van der Waals surface area contributed by atoms with Gasteiger partial charge in [-0.15, -0.1) is 0 Å². The second-order valence-electron chi connectivity index (χ2n) is 9.40. The van der Waals surface area contributed by atoms with Crippen LogP contribution in [0.3, 0.4) is 0 Å². The van der Waals surface area contributed by atoms with Gasteiger partial charge in [0.05, 0.1) is 17.0 Å². The Labute approximate surface area is 190 Å². The van der Waals surface area contributed by atoms with Crippen molar-refractivity contribution in [2.75, 3.05) is 13.1 Å². The molecule has 3 rings (SSSR count). The van der Waals surface area contributed by atoms with Crippen molar-refractivity contribution >= 4 is 16.1 Å². The van der Waals surface area contributed by atoms with Crippen LogP contribution in [0.5, 0.6) is 0 Å². The number of hydrogen-bond donors (Lipinski definition) is 2. The summed E-state index contributed by atoms with van der Waals surface area (Å²) >= 11 is 0. The highest BCUT2D eigenvalue weighted by atomic mass is 32.2. The number of nitrogens with one attached hydrogen (secondary N) is 1. The predicted molar refractivity (Wildman–Crippen MR) is 123 cm³/mol. The normalized spacial score (nSPS) is 20.7. The lowest BCUT2D eigenvalue weighted by molar-refractivity contribution is 0.0451. The highest BCUT2D eigenvalue weighted by Gasteiger charge is 2.43. The van der Waals surface area contributed by atoms with Crippen LogP contribution in [0.25, 0.3) is 0 Å². The van der Waals surface area contributed by atoms with E-state index >= 15 is 0 Å². The number of nitrogens with zero attached hydrogens (tertiary/aromatic N) is 1. The van der Waals surface area contributed by atoms with E-state index in [9.17, 15) is 18.3 Å². The lowest BCUT2D eigenvalue weighted by Gasteiger charge is -2.29. The van der Waals surface area contributed by atoms with Crippen LogP contribution in [-0.4, -0.2) is 48.7 Å². The Morgan fingerprint density at radius 2 is 1.56 bits per heavy atom. The third kappa shape index (κ3) is 5.68. The number of ether oxygens (including phenoxy) is 1. The molecule has 1 unspecified atom stereocenters. The van der Waals surface area contributed by atoms with Gasteiger partial charge in [-0.3, -0.25) is 0 Å². The van der Waals surface area contributed by atoms with Gasteiger partial charge in [0.25, 0.3) is 0 Å². The number of sulfonamides is 1. The molecule has 1 aliphatic heterocycles. The van der Waals surface area contributed by atoms with E-state index in [-0.39, 0.29) is 18.0 Å². The van der Waals surface area contributed by atoms with Crippen LogP contribution in [0.15, 0.2) is 53.4 Å². The largest absolute Gasteiger partial charge is 0.444 e. The topological polar surface area (TPSA) is 95.9 Å². The van der Waals surface area contributed by atoms with Crippen LogP contribution >= 0.6 is 0 Å². The molecule has 0 bridgehead atoms. The fourth-order valence-electron chi connectivity index (χ4n) is 3.80. The number of aliphatic hydroxyl groups is 1. The summed E-state index contributed by atoms with van der Waals surface area (Å²) in [4.78, 5) is 12.7. The number of alkyl carbamates (subject to hydrolysis) is 1. The Morgan fingerprint density at radius 1 is 1.03 bits per heavy atom. The van der Waals surface area contributed by atoms with E-state index in [0.717, 1.165) is 16.7 Å². The fraction of sp³-hybridized carbons (Fsp3) is 0.458. The van der Waals surface area contributed by atoms with Gasteiger partial charge in [-0.1, -0.05) is 47.5 Å². The van der Waals surface area contributed by atoms with Crippen molar-refractivity contribution < 1.29 is 23.1 Å². The molecule has 1 saturated heterocycles. The molecule has 2 aromatic rings. The van der Waals surface area contributed by atoms with Crippen LogP contribution in [0.4, 0.5) is 4.79 Å². The summed E-state index contributed by atoms with van der Waals surface area (Å²) in [6.07, 6.45) is -1.56. The van der Waals surface area contributed by atoms with Gasteiger partial charge in [0, 0.05) is 19.0 Å². The Hall–Kier alpha value is -2.42. The van der Waals surface area contributed by atoms with Crippen molar-refractivity contribution in [1.82, 2.24) is 9.62 Å². The van der Waals surface area contributed by atoms with Crippen LogP contribution in [0.2, 0.25) is 0 Å². The fourth-order valence-corrected chi connectivity index (χ4v) is 5.30. The smallest absolute Gasteiger partial charge is 0.408 e. The molecule has 2 aromatic carbocycles. The Morgan fingerprint density at radius 3 is 2.09 bits per heavy atom. The Balaban J connectivity index is 1.88. The van der Waals surface area contributed by atoms with E-state index in [1.54, 1.807) is 45.0 Å². The molecule has 174 valence electrons. The molecular weight excluding hydrogens is 428 g/mol. The first-order chi connectivity index (χ1) is 14.9. The molecule has 1 fully saturated rings.